The Labute approximate surface area is 109 Å². The van der Waals surface area contributed by atoms with Crippen LogP contribution in [0.5, 0.6) is 11.5 Å². The lowest BCUT2D eigenvalue weighted by Crippen LogP contribution is -1.99. The van der Waals surface area contributed by atoms with Gasteiger partial charge in [-0.1, -0.05) is 0 Å². The summed E-state index contributed by atoms with van der Waals surface area (Å²) in [7, 11) is 0. The van der Waals surface area contributed by atoms with E-state index in [4.69, 9.17) is 15.1 Å². The summed E-state index contributed by atoms with van der Waals surface area (Å²) in [5, 5.41) is 17.7. The van der Waals surface area contributed by atoms with Gasteiger partial charge in [-0.3, -0.25) is 0 Å². The zero-order chi connectivity index (χ0) is 13.8. The molecule has 19 heavy (non-hydrogen) atoms. The summed E-state index contributed by atoms with van der Waals surface area (Å²) in [4.78, 5) is 14.7. The molecule has 0 saturated heterocycles. The lowest BCUT2D eigenvalue weighted by atomic mass is 10.1. The Hall–Kier alpha value is -2.87. The van der Waals surface area contributed by atoms with Gasteiger partial charge >= 0.3 is 5.97 Å². The molecule has 0 fully saturated rings. The van der Waals surface area contributed by atoms with Crippen LogP contribution in [0.2, 0.25) is 0 Å². The summed E-state index contributed by atoms with van der Waals surface area (Å²) in [6.45, 7) is 1.70. The van der Waals surface area contributed by atoms with Gasteiger partial charge in [-0.25, -0.2) is 9.78 Å². The fraction of sp³-hybridized carbons (Fsp3) is 0.0714. The predicted molar refractivity (Wildman–Crippen MR) is 67.2 cm³/mol. The summed E-state index contributed by atoms with van der Waals surface area (Å²) < 4.78 is 5.55. The number of rotatable bonds is 3. The summed E-state index contributed by atoms with van der Waals surface area (Å²) in [6, 6.07) is 9.75. The molecule has 1 heterocycles. The normalized spacial score (nSPS) is 9.68. The number of nitriles is 1. The van der Waals surface area contributed by atoms with E-state index in [0.717, 1.165) is 0 Å². The minimum atomic E-state index is -0.972. The van der Waals surface area contributed by atoms with Crippen molar-refractivity contribution in [3.8, 4) is 17.6 Å². The molecule has 0 atom stereocenters. The fourth-order valence-corrected chi connectivity index (χ4v) is 1.61. The van der Waals surface area contributed by atoms with Gasteiger partial charge in [-0.2, -0.15) is 5.26 Å². The third kappa shape index (κ3) is 2.87. The number of aromatic nitrogens is 1. The van der Waals surface area contributed by atoms with Crippen LogP contribution in [0.3, 0.4) is 0 Å². The number of carbonyl (C=O) groups is 1. The zero-order valence-corrected chi connectivity index (χ0v) is 10.1. The second kappa shape index (κ2) is 5.19. The van der Waals surface area contributed by atoms with Crippen molar-refractivity contribution in [2.24, 2.45) is 0 Å². The van der Waals surface area contributed by atoms with Gasteiger partial charge in [0.1, 0.15) is 23.3 Å². The number of aryl methyl sites for hydroxylation is 1. The number of nitrogens with zero attached hydrogens (tertiary/aromatic N) is 2. The molecule has 0 bridgehead atoms. The van der Waals surface area contributed by atoms with Crippen LogP contribution in [0, 0.1) is 18.3 Å². The van der Waals surface area contributed by atoms with Crippen molar-refractivity contribution in [1.29, 1.82) is 5.26 Å². The summed E-state index contributed by atoms with van der Waals surface area (Å²) >= 11 is 0. The Kier molecular flexibility index (Phi) is 3.44. The highest BCUT2D eigenvalue weighted by molar-refractivity contribution is 5.89. The molecule has 0 saturated carbocycles. The number of pyridine rings is 1. The molecule has 1 N–H and O–H groups in total. The lowest BCUT2D eigenvalue weighted by Gasteiger charge is -2.07. The van der Waals surface area contributed by atoms with Gasteiger partial charge in [0.25, 0.3) is 0 Å². The highest BCUT2D eigenvalue weighted by atomic mass is 16.5. The average molecular weight is 254 g/mol. The topological polar surface area (TPSA) is 83.2 Å². The number of ether oxygens (including phenoxy) is 1. The molecular weight excluding hydrogens is 244 g/mol. The van der Waals surface area contributed by atoms with Crippen LogP contribution in [0.15, 0.2) is 36.5 Å². The molecule has 0 aliphatic heterocycles. The first-order chi connectivity index (χ1) is 9.10. The minimum Gasteiger partial charge on any atom is -0.478 e. The summed E-state index contributed by atoms with van der Waals surface area (Å²) in [6.07, 6.45) is 1.48. The molecule has 5 heteroatoms. The molecule has 0 spiro atoms. The largest absolute Gasteiger partial charge is 0.478 e. The maximum atomic E-state index is 10.9. The Morgan fingerprint density at radius 2 is 2.05 bits per heavy atom. The van der Waals surface area contributed by atoms with Gasteiger partial charge in [-0.15, -0.1) is 0 Å². The third-order valence-corrected chi connectivity index (χ3v) is 2.51. The van der Waals surface area contributed by atoms with Crippen LogP contribution in [-0.2, 0) is 0 Å². The van der Waals surface area contributed by atoms with Crippen molar-refractivity contribution in [1.82, 2.24) is 4.98 Å². The van der Waals surface area contributed by atoms with Gasteiger partial charge in [0, 0.05) is 12.3 Å². The van der Waals surface area contributed by atoms with Gasteiger partial charge < -0.3 is 9.84 Å². The SMILES string of the molecule is Cc1cc(Oc2ccnc(C#N)c2)ccc1C(=O)O. The van der Waals surface area contributed by atoms with E-state index in [9.17, 15) is 4.79 Å². The van der Waals surface area contributed by atoms with Crippen molar-refractivity contribution in [3.05, 3.63) is 53.3 Å². The third-order valence-electron chi connectivity index (χ3n) is 2.51. The second-order valence-electron chi connectivity index (χ2n) is 3.87. The standard InChI is InChI=1S/C14H10N2O3/c1-9-6-11(2-3-13(9)14(17)18)19-12-4-5-16-10(7-12)8-15/h2-7H,1H3,(H,17,18). The quantitative estimate of drug-likeness (QED) is 0.910. The molecule has 2 rings (SSSR count). The Morgan fingerprint density at radius 3 is 2.68 bits per heavy atom. The maximum absolute atomic E-state index is 10.9. The van der Waals surface area contributed by atoms with E-state index in [1.807, 2.05) is 6.07 Å². The van der Waals surface area contributed by atoms with E-state index in [1.54, 1.807) is 25.1 Å². The Morgan fingerprint density at radius 1 is 1.32 bits per heavy atom. The monoisotopic (exact) mass is 254 g/mol. The number of hydrogen-bond acceptors (Lipinski definition) is 4. The maximum Gasteiger partial charge on any atom is 0.335 e. The summed E-state index contributed by atoms with van der Waals surface area (Å²) in [5.74, 6) is 0.0198. The molecule has 1 aromatic carbocycles. The first kappa shape index (κ1) is 12.6. The van der Waals surface area contributed by atoms with Crippen LogP contribution in [-0.4, -0.2) is 16.1 Å². The first-order valence-electron chi connectivity index (χ1n) is 5.48. The van der Waals surface area contributed by atoms with Gasteiger partial charge in [0.05, 0.1) is 5.56 Å². The van der Waals surface area contributed by atoms with E-state index >= 15 is 0 Å². The Bertz CT molecular complexity index is 675. The Balaban J connectivity index is 2.26. The second-order valence-corrected chi connectivity index (χ2v) is 3.87. The molecule has 0 amide bonds. The highest BCUT2D eigenvalue weighted by Gasteiger charge is 2.08. The van der Waals surface area contributed by atoms with Gasteiger partial charge in [0.2, 0.25) is 0 Å². The van der Waals surface area contributed by atoms with E-state index in [1.165, 1.54) is 18.3 Å². The molecule has 0 aliphatic carbocycles. The molecule has 0 radical (unpaired) electrons. The van der Waals surface area contributed by atoms with Crippen molar-refractivity contribution >= 4 is 5.97 Å². The molecule has 2 aromatic rings. The van der Waals surface area contributed by atoms with Crippen molar-refractivity contribution < 1.29 is 14.6 Å². The smallest absolute Gasteiger partial charge is 0.335 e. The van der Waals surface area contributed by atoms with Crippen LogP contribution in [0.4, 0.5) is 0 Å². The van der Waals surface area contributed by atoms with Crippen molar-refractivity contribution in [2.45, 2.75) is 6.92 Å². The molecule has 1 aromatic heterocycles. The average Bonchev–Trinajstić information content (AvgIpc) is 2.38. The van der Waals surface area contributed by atoms with Crippen molar-refractivity contribution in [3.63, 3.8) is 0 Å². The molecule has 5 nitrogen and oxygen atoms in total. The van der Waals surface area contributed by atoms with Crippen LogP contribution in [0.1, 0.15) is 21.6 Å². The van der Waals surface area contributed by atoms with E-state index in [0.29, 0.717) is 17.1 Å². The fourth-order valence-electron chi connectivity index (χ4n) is 1.61. The molecule has 0 unspecified atom stereocenters. The van der Waals surface area contributed by atoms with Gasteiger partial charge in [0.15, 0.2) is 0 Å². The number of benzene rings is 1. The first-order valence-corrected chi connectivity index (χ1v) is 5.48. The number of carboxylic acids is 1. The highest BCUT2D eigenvalue weighted by Crippen LogP contribution is 2.23. The zero-order valence-electron chi connectivity index (χ0n) is 10.1. The van der Waals surface area contributed by atoms with Crippen LogP contribution < -0.4 is 4.74 Å². The molecule has 0 aliphatic rings. The number of hydrogen-bond donors (Lipinski definition) is 1. The summed E-state index contributed by atoms with van der Waals surface area (Å²) in [5.41, 5.74) is 1.11. The predicted octanol–water partition coefficient (Wildman–Crippen LogP) is 2.75. The van der Waals surface area contributed by atoms with Crippen molar-refractivity contribution in [2.75, 3.05) is 0 Å². The molecular formula is C14H10N2O3. The van der Waals surface area contributed by atoms with Crippen LogP contribution in [0.25, 0.3) is 0 Å². The number of aromatic carboxylic acids is 1. The number of carboxylic acid groups (broad SMARTS) is 1. The van der Waals surface area contributed by atoms with E-state index in [2.05, 4.69) is 4.98 Å². The minimum absolute atomic E-state index is 0.236. The van der Waals surface area contributed by atoms with E-state index in [-0.39, 0.29) is 11.3 Å². The van der Waals surface area contributed by atoms with Crippen LogP contribution >= 0.6 is 0 Å². The molecule has 94 valence electrons. The lowest BCUT2D eigenvalue weighted by molar-refractivity contribution is 0.0696. The van der Waals surface area contributed by atoms with E-state index < -0.39 is 5.97 Å². The van der Waals surface area contributed by atoms with Gasteiger partial charge in [-0.05, 0) is 36.8 Å².